The SMILES string of the molecule is O=CCCC(=O)C1CCC2C(=O)CCCCC(=O)CCC2C1. The molecule has 3 unspecified atom stereocenters. The molecule has 4 nitrogen and oxygen atoms in total. The molecule has 2 aliphatic carbocycles. The van der Waals surface area contributed by atoms with Gasteiger partial charge in [0.15, 0.2) is 0 Å². The van der Waals surface area contributed by atoms with Crippen molar-refractivity contribution in [3.05, 3.63) is 0 Å². The monoisotopic (exact) mass is 306 g/mol. The van der Waals surface area contributed by atoms with Crippen LogP contribution >= 0.6 is 0 Å². The summed E-state index contributed by atoms with van der Waals surface area (Å²) < 4.78 is 0. The molecule has 2 rings (SSSR count). The quantitative estimate of drug-likeness (QED) is 0.749. The number of Topliss-reactive ketones (excluding diaryl/α,β-unsaturated/α-hetero) is 3. The lowest BCUT2D eigenvalue weighted by atomic mass is 9.68. The van der Waals surface area contributed by atoms with Gasteiger partial charge in [0.25, 0.3) is 0 Å². The number of hydrogen-bond donors (Lipinski definition) is 0. The van der Waals surface area contributed by atoms with E-state index in [4.69, 9.17) is 0 Å². The molecule has 2 aliphatic rings. The summed E-state index contributed by atoms with van der Waals surface area (Å²) in [6, 6.07) is 0. The number of carbonyl (C=O) groups excluding carboxylic acids is 4. The summed E-state index contributed by atoms with van der Waals surface area (Å²) in [7, 11) is 0. The number of aldehydes is 1. The fourth-order valence-electron chi connectivity index (χ4n) is 3.98. The third-order valence-electron chi connectivity index (χ3n) is 5.28. The summed E-state index contributed by atoms with van der Waals surface area (Å²) in [5.41, 5.74) is 0. The molecule has 0 aromatic heterocycles. The van der Waals surface area contributed by atoms with Gasteiger partial charge in [-0.15, -0.1) is 0 Å². The van der Waals surface area contributed by atoms with E-state index in [2.05, 4.69) is 0 Å². The number of hydrogen-bond acceptors (Lipinski definition) is 4. The van der Waals surface area contributed by atoms with Gasteiger partial charge in [-0.05, 0) is 44.4 Å². The van der Waals surface area contributed by atoms with E-state index in [0.717, 1.165) is 44.8 Å². The van der Waals surface area contributed by atoms with Crippen LogP contribution < -0.4 is 0 Å². The van der Waals surface area contributed by atoms with Gasteiger partial charge in [0.2, 0.25) is 0 Å². The lowest BCUT2D eigenvalue weighted by Gasteiger charge is -2.35. The van der Waals surface area contributed by atoms with Crippen molar-refractivity contribution in [2.75, 3.05) is 0 Å². The van der Waals surface area contributed by atoms with E-state index in [1.165, 1.54) is 0 Å². The van der Waals surface area contributed by atoms with Crippen molar-refractivity contribution in [3.63, 3.8) is 0 Å². The van der Waals surface area contributed by atoms with Gasteiger partial charge in [0.1, 0.15) is 23.6 Å². The first-order valence-corrected chi connectivity index (χ1v) is 8.62. The Labute approximate surface area is 132 Å². The van der Waals surface area contributed by atoms with E-state index < -0.39 is 0 Å². The highest BCUT2D eigenvalue weighted by molar-refractivity contribution is 5.85. The van der Waals surface area contributed by atoms with Crippen molar-refractivity contribution in [2.45, 2.75) is 70.6 Å². The molecule has 0 aromatic carbocycles. The van der Waals surface area contributed by atoms with Crippen molar-refractivity contribution >= 4 is 23.6 Å². The molecule has 0 spiro atoms. The lowest BCUT2D eigenvalue weighted by Crippen LogP contribution is -2.34. The van der Waals surface area contributed by atoms with Crippen LogP contribution in [0.3, 0.4) is 0 Å². The molecule has 0 aromatic rings. The maximum absolute atomic E-state index is 12.4. The maximum atomic E-state index is 12.4. The van der Waals surface area contributed by atoms with Crippen LogP contribution in [0.2, 0.25) is 0 Å². The Bertz CT molecular complexity index is 440. The highest BCUT2D eigenvalue weighted by Crippen LogP contribution is 2.39. The summed E-state index contributed by atoms with van der Waals surface area (Å²) in [5, 5.41) is 0. The number of carbonyl (C=O) groups is 4. The zero-order chi connectivity index (χ0) is 15.9. The smallest absolute Gasteiger partial charge is 0.136 e. The molecule has 0 N–H and O–H groups in total. The fraction of sp³-hybridized carbons (Fsp3) is 0.778. The minimum atomic E-state index is -0.0213. The highest BCUT2D eigenvalue weighted by atomic mass is 16.1. The topological polar surface area (TPSA) is 68.3 Å². The van der Waals surface area contributed by atoms with Crippen molar-refractivity contribution in [2.24, 2.45) is 17.8 Å². The largest absolute Gasteiger partial charge is 0.303 e. The summed E-state index contributed by atoms with van der Waals surface area (Å²) in [4.78, 5) is 46.8. The van der Waals surface area contributed by atoms with E-state index in [-0.39, 0.29) is 23.5 Å². The predicted octanol–water partition coefficient (Wildman–Crippen LogP) is 3.06. The Hall–Kier alpha value is -1.32. The molecule has 0 amide bonds. The summed E-state index contributed by atoms with van der Waals surface area (Å²) in [6.45, 7) is 0. The molecule has 0 heterocycles. The van der Waals surface area contributed by atoms with Crippen LogP contribution in [0.4, 0.5) is 0 Å². The van der Waals surface area contributed by atoms with Crippen molar-refractivity contribution in [1.82, 2.24) is 0 Å². The van der Waals surface area contributed by atoms with Gasteiger partial charge in [0, 0.05) is 43.9 Å². The van der Waals surface area contributed by atoms with Gasteiger partial charge in [-0.1, -0.05) is 0 Å². The van der Waals surface area contributed by atoms with Crippen molar-refractivity contribution in [1.29, 1.82) is 0 Å². The van der Waals surface area contributed by atoms with E-state index in [1.54, 1.807) is 0 Å². The number of ketones is 3. The molecule has 0 aliphatic heterocycles. The molecular weight excluding hydrogens is 280 g/mol. The summed E-state index contributed by atoms with van der Waals surface area (Å²) >= 11 is 0. The molecule has 4 heteroatoms. The molecule has 122 valence electrons. The Morgan fingerprint density at radius 3 is 2.59 bits per heavy atom. The molecule has 3 atom stereocenters. The average molecular weight is 306 g/mol. The zero-order valence-electron chi connectivity index (χ0n) is 13.2. The van der Waals surface area contributed by atoms with Crippen LogP contribution in [-0.4, -0.2) is 23.6 Å². The number of rotatable bonds is 4. The minimum absolute atomic E-state index is 0.0213. The third-order valence-corrected chi connectivity index (χ3v) is 5.28. The fourth-order valence-corrected chi connectivity index (χ4v) is 3.98. The first-order valence-electron chi connectivity index (χ1n) is 8.62. The Morgan fingerprint density at radius 2 is 1.82 bits per heavy atom. The van der Waals surface area contributed by atoms with Gasteiger partial charge in [-0.25, -0.2) is 0 Å². The Kier molecular flexibility index (Phi) is 6.47. The normalized spacial score (nSPS) is 30.5. The van der Waals surface area contributed by atoms with Crippen LogP contribution in [0.5, 0.6) is 0 Å². The van der Waals surface area contributed by atoms with E-state index >= 15 is 0 Å². The van der Waals surface area contributed by atoms with Gasteiger partial charge in [0.05, 0.1) is 0 Å². The van der Waals surface area contributed by atoms with Crippen molar-refractivity contribution < 1.29 is 19.2 Å². The van der Waals surface area contributed by atoms with E-state index in [0.29, 0.717) is 43.7 Å². The lowest BCUT2D eigenvalue weighted by molar-refractivity contribution is -0.131. The molecule has 22 heavy (non-hydrogen) atoms. The van der Waals surface area contributed by atoms with Gasteiger partial charge < -0.3 is 4.79 Å². The predicted molar refractivity (Wildman–Crippen MR) is 82.3 cm³/mol. The Morgan fingerprint density at radius 1 is 1.05 bits per heavy atom. The van der Waals surface area contributed by atoms with Gasteiger partial charge in [-0.2, -0.15) is 0 Å². The minimum Gasteiger partial charge on any atom is -0.303 e. The second-order valence-electron chi connectivity index (χ2n) is 6.80. The zero-order valence-corrected chi connectivity index (χ0v) is 13.2. The molecule has 0 saturated heterocycles. The van der Waals surface area contributed by atoms with Crippen LogP contribution in [0, 0.1) is 17.8 Å². The molecule has 0 bridgehead atoms. The second kappa shape index (κ2) is 8.35. The second-order valence-corrected chi connectivity index (χ2v) is 6.80. The van der Waals surface area contributed by atoms with Crippen LogP contribution in [0.15, 0.2) is 0 Å². The molecule has 0 radical (unpaired) electrons. The molecular formula is C18H26O4. The maximum Gasteiger partial charge on any atom is 0.136 e. The molecule has 2 saturated carbocycles. The standard InChI is InChI=1S/C18H26O4/c19-11-3-6-17(21)14-8-10-16-13(12-14)7-9-15(20)4-1-2-5-18(16)22/h11,13-14,16H,1-10,12H2. The first-order chi connectivity index (χ1) is 10.6. The van der Waals surface area contributed by atoms with Gasteiger partial charge in [-0.3, -0.25) is 14.4 Å². The summed E-state index contributed by atoms with van der Waals surface area (Å²) in [5.74, 6) is 0.976. The first kappa shape index (κ1) is 17.0. The van der Waals surface area contributed by atoms with Gasteiger partial charge >= 0.3 is 0 Å². The van der Waals surface area contributed by atoms with E-state index in [1.807, 2.05) is 0 Å². The average Bonchev–Trinajstić information content (AvgIpc) is 2.53. The van der Waals surface area contributed by atoms with Crippen LogP contribution in [0.1, 0.15) is 70.6 Å². The Balaban J connectivity index is 2.00. The third kappa shape index (κ3) is 4.59. The molecule has 2 fully saturated rings. The van der Waals surface area contributed by atoms with Crippen LogP contribution in [0.25, 0.3) is 0 Å². The number of fused-ring (bicyclic) bond motifs is 1. The summed E-state index contributed by atoms with van der Waals surface area (Å²) in [6.07, 6.45) is 7.76. The van der Waals surface area contributed by atoms with Crippen LogP contribution in [-0.2, 0) is 19.2 Å². The highest BCUT2D eigenvalue weighted by Gasteiger charge is 2.36. The van der Waals surface area contributed by atoms with E-state index in [9.17, 15) is 19.2 Å². The van der Waals surface area contributed by atoms with Crippen molar-refractivity contribution in [3.8, 4) is 0 Å².